The molecule has 2 aromatic rings. The number of sulfonamides is 1. The van der Waals surface area contributed by atoms with E-state index in [2.05, 4.69) is 4.72 Å². The Hall–Kier alpha value is -1.96. The van der Waals surface area contributed by atoms with Crippen LogP contribution in [0.1, 0.15) is 11.1 Å². The Morgan fingerprint density at radius 1 is 0.962 bits per heavy atom. The number of benzene rings is 2. The minimum atomic E-state index is -3.76. The molecule has 0 aliphatic carbocycles. The molecule has 0 heterocycles. The van der Waals surface area contributed by atoms with Crippen LogP contribution >= 0.6 is 11.6 Å². The first-order valence-electron chi connectivity index (χ1n) is 7.87. The lowest BCUT2D eigenvalue weighted by atomic mass is 10.1. The average molecular weight is 400 g/mol. The molecule has 142 valence electrons. The van der Waals surface area contributed by atoms with Crippen LogP contribution in [0.4, 0.5) is 0 Å². The molecule has 0 fully saturated rings. The zero-order valence-corrected chi connectivity index (χ0v) is 16.7. The Labute approximate surface area is 159 Å². The number of aryl methyl sites for hydroxylation is 1. The van der Waals surface area contributed by atoms with Crippen molar-refractivity contribution >= 4 is 21.6 Å². The van der Waals surface area contributed by atoms with Gasteiger partial charge in [-0.1, -0.05) is 17.7 Å². The molecule has 0 aromatic heterocycles. The first-order chi connectivity index (χ1) is 12.3. The number of ether oxygens (including phenoxy) is 3. The van der Waals surface area contributed by atoms with Gasteiger partial charge in [0.1, 0.15) is 10.6 Å². The van der Waals surface area contributed by atoms with Gasteiger partial charge in [0.15, 0.2) is 11.5 Å². The highest BCUT2D eigenvalue weighted by molar-refractivity contribution is 7.89. The molecule has 2 rings (SSSR count). The van der Waals surface area contributed by atoms with E-state index in [1.165, 1.54) is 13.2 Å². The average Bonchev–Trinajstić information content (AvgIpc) is 2.63. The van der Waals surface area contributed by atoms with Gasteiger partial charge in [-0.15, -0.1) is 0 Å². The quantitative estimate of drug-likeness (QED) is 0.737. The molecule has 1 N–H and O–H groups in total. The van der Waals surface area contributed by atoms with Gasteiger partial charge in [0.25, 0.3) is 0 Å². The summed E-state index contributed by atoms with van der Waals surface area (Å²) in [5.41, 5.74) is 1.66. The highest BCUT2D eigenvalue weighted by Crippen LogP contribution is 2.30. The van der Waals surface area contributed by atoms with Crippen LogP contribution in [-0.4, -0.2) is 36.3 Å². The van der Waals surface area contributed by atoms with Crippen molar-refractivity contribution in [2.24, 2.45) is 0 Å². The monoisotopic (exact) mass is 399 g/mol. The van der Waals surface area contributed by atoms with E-state index in [-0.39, 0.29) is 17.2 Å². The topological polar surface area (TPSA) is 73.9 Å². The molecule has 0 saturated heterocycles. The maximum Gasteiger partial charge on any atom is 0.244 e. The number of hydrogen-bond acceptors (Lipinski definition) is 5. The van der Waals surface area contributed by atoms with Crippen LogP contribution in [-0.2, 0) is 16.4 Å². The van der Waals surface area contributed by atoms with Crippen molar-refractivity contribution in [2.45, 2.75) is 18.2 Å². The molecule has 0 unspecified atom stereocenters. The molecular weight excluding hydrogens is 378 g/mol. The van der Waals surface area contributed by atoms with Gasteiger partial charge >= 0.3 is 0 Å². The second kappa shape index (κ2) is 8.62. The summed E-state index contributed by atoms with van der Waals surface area (Å²) in [7, 11) is 0.780. The number of nitrogens with one attached hydrogen (secondary N) is 1. The summed E-state index contributed by atoms with van der Waals surface area (Å²) < 4.78 is 43.4. The zero-order chi connectivity index (χ0) is 19.3. The van der Waals surface area contributed by atoms with Gasteiger partial charge in [-0.2, -0.15) is 0 Å². The Morgan fingerprint density at radius 2 is 1.62 bits per heavy atom. The highest BCUT2D eigenvalue weighted by Gasteiger charge is 2.20. The Kier molecular flexibility index (Phi) is 6.75. The highest BCUT2D eigenvalue weighted by atomic mass is 35.5. The first-order valence-corrected chi connectivity index (χ1v) is 9.73. The molecule has 0 amide bonds. The van der Waals surface area contributed by atoms with Gasteiger partial charge in [-0.3, -0.25) is 0 Å². The first kappa shape index (κ1) is 20.4. The van der Waals surface area contributed by atoms with Crippen LogP contribution in [0.5, 0.6) is 17.2 Å². The SMILES string of the molecule is COc1ccc(CCNS(=O)(=O)c2cc(Cl)c(C)cc2OC)cc1OC. The van der Waals surface area contributed by atoms with Crippen molar-refractivity contribution in [1.82, 2.24) is 4.72 Å². The third kappa shape index (κ3) is 4.60. The van der Waals surface area contributed by atoms with Crippen LogP contribution < -0.4 is 18.9 Å². The molecule has 0 radical (unpaired) electrons. The van der Waals surface area contributed by atoms with Crippen LogP contribution in [0, 0.1) is 6.92 Å². The van der Waals surface area contributed by atoms with E-state index in [4.69, 9.17) is 25.8 Å². The number of hydrogen-bond donors (Lipinski definition) is 1. The van der Waals surface area contributed by atoms with E-state index in [9.17, 15) is 8.42 Å². The molecule has 8 heteroatoms. The van der Waals surface area contributed by atoms with E-state index in [0.29, 0.717) is 22.9 Å². The lowest BCUT2D eigenvalue weighted by molar-refractivity contribution is 0.354. The largest absolute Gasteiger partial charge is 0.495 e. The van der Waals surface area contributed by atoms with Crippen molar-refractivity contribution in [2.75, 3.05) is 27.9 Å². The van der Waals surface area contributed by atoms with Crippen molar-refractivity contribution in [3.63, 3.8) is 0 Å². The fourth-order valence-electron chi connectivity index (χ4n) is 2.45. The Balaban J connectivity index is 2.13. The molecule has 2 aromatic carbocycles. The third-order valence-electron chi connectivity index (χ3n) is 3.89. The molecule has 0 spiro atoms. The summed E-state index contributed by atoms with van der Waals surface area (Å²) in [5.74, 6) is 1.47. The fraction of sp³-hybridized carbons (Fsp3) is 0.333. The molecule has 26 heavy (non-hydrogen) atoms. The molecular formula is C18H22ClNO5S. The maximum atomic E-state index is 12.6. The van der Waals surface area contributed by atoms with Gasteiger partial charge in [0.05, 0.1) is 21.3 Å². The second-order valence-corrected chi connectivity index (χ2v) is 7.73. The summed E-state index contributed by atoms with van der Waals surface area (Å²) in [5, 5.41) is 0.367. The molecule has 0 bridgehead atoms. The van der Waals surface area contributed by atoms with E-state index in [1.54, 1.807) is 33.3 Å². The van der Waals surface area contributed by atoms with Gasteiger partial charge < -0.3 is 14.2 Å². The number of methoxy groups -OCH3 is 3. The predicted molar refractivity (Wildman–Crippen MR) is 101 cm³/mol. The zero-order valence-electron chi connectivity index (χ0n) is 15.1. The third-order valence-corrected chi connectivity index (χ3v) is 5.78. The Morgan fingerprint density at radius 3 is 2.23 bits per heavy atom. The van der Waals surface area contributed by atoms with Crippen LogP contribution in [0.2, 0.25) is 5.02 Å². The number of halogens is 1. The fourth-order valence-corrected chi connectivity index (χ4v) is 3.88. The normalized spacial score (nSPS) is 11.3. The van der Waals surface area contributed by atoms with E-state index in [0.717, 1.165) is 11.1 Å². The second-order valence-electron chi connectivity index (χ2n) is 5.59. The maximum absolute atomic E-state index is 12.6. The lowest BCUT2D eigenvalue weighted by Gasteiger charge is -2.13. The van der Waals surface area contributed by atoms with Crippen molar-refractivity contribution < 1.29 is 22.6 Å². The molecule has 0 saturated carbocycles. The molecule has 0 aliphatic heterocycles. The summed E-state index contributed by atoms with van der Waals surface area (Å²) in [6.07, 6.45) is 0.488. The standard InChI is InChI=1S/C18H22ClNO5S/c1-12-9-17(25-4)18(11-14(12)19)26(21,22)20-8-7-13-5-6-15(23-2)16(10-13)24-3/h5-6,9-11,20H,7-8H2,1-4H3. The van der Waals surface area contributed by atoms with Crippen LogP contribution in [0.25, 0.3) is 0 Å². The van der Waals surface area contributed by atoms with Crippen molar-refractivity contribution in [3.8, 4) is 17.2 Å². The van der Waals surface area contributed by atoms with E-state index in [1.807, 2.05) is 12.1 Å². The van der Waals surface area contributed by atoms with Gasteiger partial charge in [0, 0.05) is 11.6 Å². The van der Waals surface area contributed by atoms with Gasteiger partial charge in [-0.25, -0.2) is 13.1 Å². The van der Waals surface area contributed by atoms with Gasteiger partial charge in [0.2, 0.25) is 10.0 Å². The minimum Gasteiger partial charge on any atom is -0.495 e. The van der Waals surface area contributed by atoms with Crippen LogP contribution in [0.15, 0.2) is 35.2 Å². The van der Waals surface area contributed by atoms with Crippen LogP contribution in [0.3, 0.4) is 0 Å². The smallest absolute Gasteiger partial charge is 0.244 e. The summed E-state index contributed by atoms with van der Waals surface area (Å²) in [6.45, 7) is 2.00. The summed E-state index contributed by atoms with van der Waals surface area (Å²) >= 11 is 6.07. The molecule has 6 nitrogen and oxygen atoms in total. The van der Waals surface area contributed by atoms with Gasteiger partial charge in [-0.05, 0) is 48.7 Å². The van der Waals surface area contributed by atoms with Crippen molar-refractivity contribution in [1.29, 1.82) is 0 Å². The van der Waals surface area contributed by atoms with Crippen molar-refractivity contribution in [3.05, 3.63) is 46.5 Å². The minimum absolute atomic E-state index is 0.0166. The Bertz CT molecular complexity index is 883. The molecule has 0 atom stereocenters. The summed E-state index contributed by atoms with van der Waals surface area (Å²) in [4.78, 5) is 0.0166. The number of rotatable bonds is 8. The van der Waals surface area contributed by atoms with E-state index >= 15 is 0 Å². The van der Waals surface area contributed by atoms with E-state index < -0.39 is 10.0 Å². The lowest BCUT2D eigenvalue weighted by Crippen LogP contribution is -2.26. The summed E-state index contributed by atoms with van der Waals surface area (Å²) in [6, 6.07) is 8.46. The predicted octanol–water partition coefficient (Wildman–Crippen LogP) is 3.20. The molecule has 0 aliphatic rings.